The van der Waals surface area contributed by atoms with E-state index in [4.69, 9.17) is 4.52 Å². The molecule has 1 aliphatic rings. The predicted octanol–water partition coefficient (Wildman–Crippen LogP) is 2.90. The van der Waals surface area contributed by atoms with Gasteiger partial charge < -0.3 is 20.1 Å². The lowest BCUT2D eigenvalue weighted by atomic mass is 9.95. The summed E-state index contributed by atoms with van der Waals surface area (Å²) in [5, 5.41) is 21.6. The summed E-state index contributed by atoms with van der Waals surface area (Å²) >= 11 is 0. The molecule has 1 fully saturated rings. The third-order valence-corrected chi connectivity index (χ3v) is 6.27. The first-order chi connectivity index (χ1) is 17.7. The average molecular weight is 483 g/mol. The van der Waals surface area contributed by atoms with Gasteiger partial charge in [0.25, 0.3) is 5.91 Å². The van der Waals surface area contributed by atoms with Crippen LogP contribution in [-0.2, 0) is 4.79 Å². The van der Waals surface area contributed by atoms with Crippen molar-refractivity contribution in [2.24, 2.45) is 5.92 Å². The Kier molecular flexibility index (Phi) is 5.45. The van der Waals surface area contributed by atoms with Crippen LogP contribution in [0.15, 0.2) is 65.5 Å². The third kappa shape index (κ3) is 4.08. The van der Waals surface area contributed by atoms with E-state index in [1.54, 1.807) is 21.5 Å². The fraction of sp³-hybridized carbons (Fsp3) is 0.208. The second kappa shape index (κ2) is 9.06. The van der Waals surface area contributed by atoms with Gasteiger partial charge >= 0.3 is 0 Å². The van der Waals surface area contributed by atoms with Crippen molar-refractivity contribution in [1.29, 1.82) is 0 Å². The molecule has 0 aliphatic carbocycles. The van der Waals surface area contributed by atoms with Gasteiger partial charge in [-0.05, 0) is 59.7 Å². The second-order valence-corrected chi connectivity index (χ2v) is 8.53. The van der Waals surface area contributed by atoms with Crippen molar-refractivity contribution < 1.29 is 14.1 Å². The summed E-state index contributed by atoms with van der Waals surface area (Å²) in [6.07, 6.45) is 4.03. The maximum Gasteiger partial charge on any atom is 0.253 e. The Labute approximate surface area is 204 Å². The highest BCUT2D eigenvalue weighted by atomic mass is 16.5. The van der Waals surface area contributed by atoms with E-state index in [1.165, 1.54) is 12.5 Å². The Hall–Kier alpha value is -4.87. The number of anilines is 3. The number of likely N-dealkylation sites (tertiary alicyclic amines) is 1. The number of para-hydroxylation sites is 2. The molecule has 5 aromatic rings. The molecule has 4 heterocycles. The van der Waals surface area contributed by atoms with E-state index in [-0.39, 0.29) is 17.7 Å². The van der Waals surface area contributed by atoms with Gasteiger partial charge in [-0.2, -0.15) is 4.52 Å². The zero-order valence-electron chi connectivity index (χ0n) is 19.0. The van der Waals surface area contributed by atoms with Crippen LogP contribution in [0, 0.1) is 5.92 Å². The largest absolute Gasteiger partial charge is 0.363 e. The van der Waals surface area contributed by atoms with Gasteiger partial charge in [0.05, 0.1) is 17.2 Å². The molecule has 0 bridgehead atoms. The van der Waals surface area contributed by atoms with E-state index < -0.39 is 0 Å². The molecule has 0 spiro atoms. The molecule has 36 heavy (non-hydrogen) atoms. The molecule has 1 saturated heterocycles. The van der Waals surface area contributed by atoms with Crippen molar-refractivity contribution in [3.05, 3.63) is 66.6 Å². The molecule has 0 saturated carbocycles. The summed E-state index contributed by atoms with van der Waals surface area (Å²) in [6.45, 7) is 1.03. The summed E-state index contributed by atoms with van der Waals surface area (Å²) in [5.74, 6) is 0.213. The molecule has 12 heteroatoms. The molecule has 6 rings (SSSR count). The fourth-order valence-corrected chi connectivity index (χ4v) is 4.36. The molecule has 0 radical (unpaired) electrons. The molecular formula is C24H21N9O3. The maximum atomic E-state index is 13.0. The van der Waals surface area contributed by atoms with Crippen molar-refractivity contribution in [1.82, 2.24) is 35.1 Å². The van der Waals surface area contributed by atoms with Crippen LogP contribution < -0.4 is 10.6 Å². The lowest BCUT2D eigenvalue weighted by Crippen LogP contribution is -2.41. The topological polar surface area (TPSA) is 143 Å². The number of carbonyl (C=O) groups is 2. The van der Waals surface area contributed by atoms with Gasteiger partial charge in [-0.15, -0.1) is 5.10 Å². The van der Waals surface area contributed by atoms with E-state index in [9.17, 15) is 9.59 Å². The van der Waals surface area contributed by atoms with Crippen molar-refractivity contribution in [2.75, 3.05) is 23.7 Å². The Morgan fingerprint density at radius 2 is 1.81 bits per heavy atom. The number of piperidine rings is 1. The van der Waals surface area contributed by atoms with Crippen molar-refractivity contribution >= 4 is 45.7 Å². The Morgan fingerprint density at radius 3 is 2.58 bits per heavy atom. The number of hydrogen-bond acceptors (Lipinski definition) is 9. The van der Waals surface area contributed by atoms with E-state index in [0.29, 0.717) is 48.6 Å². The monoisotopic (exact) mass is 483 g/mol. The van der Waals surface area contributed by atoms with Gasteiger partial charge in [0.2, 0.25) is 11.6 Å². The zero-order chi connectivity index (χ0) is 24.5. The number of tetrazole rings is 1. The van der Waals surface area contributed by atoms with Gasteiger partial charge in [0.15, 0.2) is 5.82 Å². The highest BCUT2D eigenvalue weighted by Gasteiger charge is 2.28. The summed E-state index contributed by atoms with van der Waals surface area (Å²) in [5.41, 5.74) is 3.93. The van der Waals surface area contributed by atoms with Crippen molar-refractivity contribution in [3.8, 4) is 0 Å². The summed E-state index contributed by atoms with van der Waals surface area (Å²) in [4.78, 5) is 31.9. The van der Waals surface area contributed by atoms with Gasteiger partial charge in [-0.25, -0.2) is 4.98 Å². The molecule has 12 nitrogen and oxygen atoms in total. The van der Waals surface area contributed by atoms with E-state index in [1.807, 2.05) is 36.4 Å². The molecule has 2 N–H and O–H groups in total. The first kappa shape index (κ1) is 21.6. The Bertz CT molecular complexity index is 1540. The Balaban J connectivity index is 1.11. The highest BCUT2D eigenvalue weighted by molar-refractivity contribution is 5.95. The van der Waals surface area contributed by atoms with Crippen LogP contribution >= 0.6 is 0 Å². The van der Waals surface area contributed by atoms with Gasteiger partial charge in [0, 0.05) is 30.3 Å². The number of carbonyl (C=O) groups excluding carboxylic acids is 2. The summed E-state index contributed by atoms with van der Waals surface area (Å²) in [7, 11) is 0. The van der Waals surface area contributed by atoms with Gasteiger partial charge in [0.1, 0.15) is 12.0 Å². The van der Waals surface area contributed by atoms with E-state index in [2.05, 4.69) is 36.3 Å². The number of hydrogen-bond donors (Lipinski definition) is 2. The molecule has 1 aliphatic heterocycles. The van der Waals surface area contributed by atoms with E-state index in [0.717, 1.165) is 16.7 Å². The molecule has 2 amide bonds. The number of amides is 2. The number of fused-ring (bicyclic) bond motifs is 3. The van der Waals surface area contributed by atoms with Crippen LogP contribution in [0.2, 0.25) is 0 Å². The Morgan fingerprint density at radius 1 is 1.00 bits per heavy atom. The maximum absolute atomic E-state index is 13.0. The van der Waals surface area contributed by atoms with Gasteiger partial charge in [-0.1, -0.05) is 17.3 Å². The lowest BCUT2D eigenvalue weighted by Gasteiger charge is -2.31. The third-order valence-electron chi connectivity index (χ3n) is 6.27. The molecule has 0 atom stereocenters. The summed E-state index contributed by atoms with van der Waals surface area (Å²) < 4.78 is 6.38. The minimum absolute atomic E-state index is 0.0627. The number of rotatable bonds is 5. The van der Waals surface area contributed by atoms with Crippen LogP contribution in [0.4, 0.5) is 17.2 Å². The smallest absolute Gasteiger partial charge is 0.253 e. The first-order valence-electron chi connectivity index (χ1n) is 11.5. The molecule has 3 aromatic heterocycles. The second-order valence-electron chi connectivity index (χ2n) is 8.53. The standard InChI is InChI=1S/C24H21N9O3/c34-23(27-18-13-25-36-14-18)15-9-11-32(12-10-15)24(35)16-5-7-17(8-6-16)26-21-22-29-30-31-33(22)20-4-2-1-3-19(20)28-21/h1-8,13-15H,9-12H2,(H,26,28)(H,27,34). The number of aromatic nitrogens is 6. The van der Waals surface area contributed by atoms with Crippen LogP contribution in [0.25, 0.3) is 16.7 Å². The number of nitrogens with one attached hydrogen (secondary N) is 2. The molecular weight excluding hydrogens is 462 g/mol. The fourth-order valence-electron chi connectivity index (χ4n) is 4.36. The minimum Gasteiger partial charge on any atom is -0.363 e. The predicted molar refractivity (Wildman–Crippen MR) is 130 cm³/mol. The van der Waals surface area contributed by atoms with Crippen LogP contribution in [0.5, 0.6) is 0 Å². The SMILES string of the molecule is O=C(Nc1cnoc1)C1CCN(C(=O)c2ccc(Nc3nc4ccccc4n4nnnc34)cc2)CC1. The van der Waals surface area contributed by atoms with Crippen molar-refractivity contribution in [3.63, 3.8) is 0 Å². The number of benzene rings is 2. The van der Waals surface area contributed by atoms with Crippen molar-refractivity contribution in [2.45, 2.75) is 12.8 Å². The molecule has 0 unspecified atom stereocenters. The quantitative estimate of drug-likeness (QED) is 0.385. The van der Waals surface area contributed by atoms with Crippen LogP contribution in [-0.4, -0.2) is 60.0 Å². The van der Waals surface area contributed by atoms with Crippen LogP contribution in [0.1, 0.15) is 23.2 Å². The van der Waals surface area contributed by atoms with E-state index >= 15 is 0 Å². The van der Waals surface area contributed by atoms with Crippen LogP contribution in [0.3, 0.4) is 0 Å². The zero-order valence-corrected chi connectivity index (χ0v) is 19.0. The normalized spacial score (nSPS) is 14.3. The minimum atomic E-state index is -0.159. The average Bonchev–Trinajstić information content (AvgIpc) is 3.62. The lowest BCUT2D eigenvalue weighted by molar-refractivity contribution is -0.121. The highest BCUT2D eigenvalue weighted by Crippen LogP contribution is 2.24. The van der Waals surface area contributed by atoms with Gasteiger partial charge in [-0.3, -0.25) is 9.59 Å². The number of nitrogens with zero attached hydrogens (tertiary/aromatic N) is 7. The summed E-state index contributed by atoms with van der Waals surface area (Å²) in [6, 6.07) is 14.8. The molecule has 180 valence electrons. The first-order valence-corrected chi connectivity index (χ1v) is 11.5. The molecule has 2 aromatic carbocycles.